The van der Waals surface area contributed by atoms with E-state index in [2.05, 4.69) is 15.5 Å². The Balaban J connectivity index is 1.74. The van der Waals surface area contributed by atoms with Crippen LogP contribution in [-0.2, 0) is 17.1 Å². The number of aromatic nitrogens is 3. The minimum atomic E-state index is -0.191. The maximum atomic E-state index is 12.4. The lowest BCUT2D eigenvalue weighted by molar-refractivity contribution is -0.122. The van der Waals surface area contributed by atoms with E-state index in [1.807, 2.05) is 6.92 Å². The van der Waals surface area contributed by atoms with Gasteiger partial charge in [0, 0.05) is 23.6 Å². The maximum absolute atomic E-state index is 12.4. The summed E-state index contributed by atoms with van der Waals surface area (Å²) in [7, 11) is 1.46. The number of amides is 1. The van der Waals surface area contributed by atoms with Crippen molar-refractivity contribution in [3.63, 3.8) is 0 Å². The number of carbonyl (C=O) groups is 1. The normalized spacial score (nSPS) is 14.5. The summed E-state index contributed by atoms with van der Waals surface area (Å²) >= 11 is 3.01. The molecule has 0 radical (unpaired) electrons. The van der Waals surface area contributed by atoms with Crippen LogP contribution in [0.15, 0.2) is 21.4 Å². The smallest absolute Gasteiger partial charge is 0.240 e. The highest BCUT2D eigenvalue weighted by atomic mass is 32.2. The molecular formula is C17H22N4O3S2. The number of aryl methyl sites for hydroxylation is 1. The van der Waals surface area contributed by atoms with Crippen LogP contribution in [0.3, 0.4) is 0 Å². The van der Waals surface area contributed by atoms with E-state index < -0.39 is 0 Å². The number of pyridine rings is 1. The summed E-state index contributed by atoms with van der Waals surface area (Å²) in [5.41, 5.74) is 0.569. The number of nitrogens with zero attached hydrogens (tertiary/aromatic N) is 3. The number of methoxy groups -OCH3 is 1. The fourth-order valence-electron chi connectivity index (χ4n) is 2.99. The molecule has 2 aromatic heterocycles. The average Bonchev–Trinajstić information content (AvgIpc) is 3.26. The van der Waals surface area contributed by atoms with E-state index in [1.54, 1.807) is 10.8 Å². The van der Waals surface area contributed by atoms with Gasteiger partial charge in [-0.05, 0) is 19.8 Å². The molecule has 1 aliphatic carbocycles. The zero-order chi connectivity index (χ0) is 18.5. The van der Waals surface area contributed by atoms with E-state index in [1.165, 1.54) is 49.1 Å². The van der Waals surface area contributed by atoms with Crippen LogP contribution in [0, 0.1) is 6.92 Å². The van der Waals surface area contributed by atoms with Crippen LogP contribution >= 0.6 is 23.1 Å². The Kier molecular flexibility index (Phi) is 6.31. The first kappa shape index (κ1) is 18.9. The van der Waals surface area contributed by atoms with Gasteiger partial charge in [0.15, 0.2) is 10.1 Å². The van der Waals surface area contributed by atoms with Gasteiger partial charge < -0.3 is 14.6 Å². The molecule has 2 aromatic rings. The van der Waals surface area contributed by atoms with E-state index >= 15 is 0 Å². The summed E-state index contributed by atoms with van der Waals surface area (Å²) in [6.45, 7) is 2.07. The van der Waals surface area contributed by atoms with E-state index in [-0.39, 0.29) is 29.7 Å². The van der Waals surface area contributed by atoms with Gasteiger partial charge in [-0.1, -0.05) is 35.9 Å². The highest BCUT2D eigenvalue weighted by Crippen LogP contribution is 2.25. The Morgan fingerprint density at radius 3 is 2.85 bits per heavy atom. The predicted molar refractivity (Wildman–Crippen MR) is 102 cm³/mol. The lowest BCUT2D eigenvalue weighted by Crippen LogP contribution is -2.35. The molecule has 9 heteroatoms. The van der Waals surface area contributed by atoms with E-state index in [9.17, 15) is 9.59 Å². The van der Waals surface area contributed by atoms with Crippen molar-refractivity contribution in [2.24, 2.45) is 0 Å². The van der Waals surface area contributed by atoms with Crippen molar-refractivity contribution in [1.82, 2.24) is 20.1 Å². The summed E-state index contributed by atoms with van der Waals surface area (Å²) in [5, 5.41) is 12.1. The topological polar surface area (TPSA) is 86.1 Å². The summed E-state index contributed by atoms with van der Waals surface area (Å²) in [4.78, 5) is 24.5. The summed E-state index contributed by atoms with van der Waals surface area (Å²) in [5.74, 6) is 0.727. The first-order valence-electron chi connectivity index (χ1n) is 8.55. The zero-order valence-corrected chi connectivity index (χ0v) is 16.5. The third-order valence-electron chi connectivity index (χ3n) is 4.29. The number of nitrogens with one attached hydrogen (secondary N) is 1. The van der Waals surface area contributed by atoms with Gasteiger partial charge in [0.2, 0.25) is 11.3 Å². The molecule has 0 aromatic carbocycles. The molecule has 0 bridgehead atoms. The number of carbonyl (C=O) groups excluding carboxylic acids is 1. The van der Waals surface area contributed by atoms with Gasteiger partial charge in [0.05, 0.1) is 13.3 Å². The number of hydrogen-bond donors (Lipinski definition) is 1. The number of rotatable bonds is 7. The summed E-state index contributed by atoms with van der Waals surface area (Å²) < 4.78 is 7.75. The molecule has 1 amide bonds. The van der Waals surface area contributed by atoms with E-state index in [0.29, 0.717) is 5.75 Å². The second-order valence-electron chi connectivity index (χ2n) is 6.25. The van der Waals surface area contributed by atoms with Crippen LogP contribution in [0.5, 0.6) is 5.75 Å². The molecule has 26 heavy (non-hydrogen) atoms. The van der Waals surface area contributed by atoms with Gasteiger partial charge in [0.25, 0.3) is 0 Å². The zero-order valence-electron chi connectivity index (χ0n) is 14.9. The lowest BCUT2D eigenvalue weighted by atomic mass is 10.2. The van der Waals surface area contributed by atoms with E-state index in [0.717, 1.165) is 27.9 Å². The Labute approximate surface area is 160 Å². The van der Waals surface area contributed by atoms with Crippen molar-refractivity contribution in [2.45, 2.75) is 55.3 Å². The average molecular weight is 395 g/mol. The molecule has 1 aliphatic rings. The van der Waals surface area contributed by atoms with Crippen LogP contribution in [0.1, 0.15) is 36.4 Å². The van der Waals surface area contributed by atoms with Crippen LogP contribution in [0.25, 0.3) is 0 Å². The largest absolute Gasteiger partial charge is 0.491 e. The van der Waals surface area contributed by atoms with Crippen molar-refractivity contribution in [2.75, 3.05) is 7.11 Å². The first-order chi connectivity index (χ1) is 12.5. The van der Waals surface area contributed by atoms with Gasteiger partial charge in [-0.3, -0.25) is 9.59 Å². The van der Waals surface area contributed by atoms with Crippen molar-refractivity contribution in [1.29, 1.82) is 0 Å². The Hall–Kier alpha value is -1.87. The maximum Gasteiger partial charge on any atom is 0.240 e. The summed E-state index contributed by atoms with van der Waals surface area (Å²) in [6, 6.07) is 1.80. The number of thioether (sulfide) groups is 1. The minimum absolute atomic E-state index is 0.0411. The minimum Gasteiger partial charge on any atom is -0.491 e. The van der Waals surface area contributed by atoms with Crippen molar-refractivity contribution in [3.05, 3.63) is 33.2 Å². The second-order valence-corrected chi connectivity index (χ2v) is 8.65. The van der Waals surface area contributed by atoms with Gasteiger partial charge in [-0.2, -0.15) is 0 Å². The van der Waals surface area contributed by atoms with Crippen LogP contribution in [0.2, 0.25) is 0 Å². The van der Waals surface area contributed by atoms with Gasteiger partial charge in [0.1, 0.15) is 11.6 Å². The molecule has 3 rings (SSSR count). The number of hydrogen-bond acceptors (Lipinski definition) is 7. The standard InChI is InChI=1S/C17H22N4O3S2/c1-11-19-20-17(26-11)25-10-13-7-14(22)15(24-2)8-21(13)9-16(23)18-12-5-3-4-6-12/h7-8,12H,3-6,9-10H2,1-2H3,(H,18,23). The molecule has 0 unspecified atom stereocenters. The molecule has 2 heterocycles. The SMILES string of the molecule is COc1cn(CC(=O)NC2CCCC2)c(CSc2nnc(C)s2)cc1=O. The molecule has 0 saturated heterocycles. The second kappa shape index (κ2) is 8.68. The van der Waals surface area contributed by atoms with Crippen molar-refractivity contribution in [3.8, 4) is 5.75 Å². The molecule has 0 atom stereocenters. The molecule has 140 valence electrons. The lowest BCUT2D eigenvalue weighted by Gasteiger charge is -2.16. The first-order valence-corrected chi connectivity index (χ1v) is 10.3. The van der Waals surface area contributed by atoms with Crippen molar-refractivity contribution < 1.29 is 9.53 Å². The van der Waals surface area contributed by atoms with Gasteiger partial charge >= 0.3 is 0 Å². The summed E-state index contributed by atoms with van der Waals surface area (Å²) in [6.07, 6.45) is 6.02. The third kappa shape index (κ3) is 4.85. The molecule has 7 nitrogen and oxygen atoms in total. The Bertz CT molecular complexity index is 828. The number of ether oxygens (including phenoxy) is 1. The molecule has 0 spiro atoms. The quantitative estimate of drug-likeness (QED) is 0.726. The molecule has 1 saturated carbocycles. The van der Waals surface area contributed by atoms with Gasteiger partial charge in [-0.25, -0.2) is 0 Å². The van der Waals surface area contributed by atoms with Crippen LogP contribution in [0.4, 0.5) is 0 Å². The molecular weight excluding hydrogens is 372 g/mol. The highest BCUT2D eigenvalue weighted by molar-refractivity contribution is 8.00. The fourth-order valence-corrected chi connectivity index (χ4v) is 4.80. The van der Waals surface area contributed by atoms with Crippen molar-refractivity contribution >= 4 is 29.0 Å². The van der Waals surface area contributed by atoms with E-state index in [4.69, 9.17) is 4.74 Å². The molecule has 0 aliphatic heterocycles. The fraction of sp³-hybridized carbons (Fsp3) is 0.529. The van der Waals surface area contributed by atoms with Crippen LogP contribution in [-0.4, -0.2) is 33.8 Å². The highest BCUT2D eigenvalue weighted by Gasteiger charge is 2.18. The predicted octanol–water partition coefficient (Wildman–Crippen LogP) is 2.37. The monoisotopic (exact) mass is 394 g/mol. The Morgan fingerprint density at radius 2 is 2.19 bits per heavy atom. The Morgan fingerprint density at radius 1 is 1.42 bits per heavy atom. The third-order valence-corrected chi connectivity index (χ3v) is 6.29. The molecule has 1 N–H and O–H groups in total. The van der Waals surface area contributed by atoms with Gasteiger partial charge in [-0.15, -0.1) is 10.2 Å². The van der Waals surface area contributed by atoms with Crippen LogP contribution < -0.4 is 15.5 Å². The molecule has 1 fully saturated rings.